The van der Waals surface area contributed by atoms with E-state index in [0.29, 0.717) is 0 Å². The molecule has 0 amide bonds. The van der Waals surface area contributed by atoms with Gasteiger partial charge in [0.25, 0.3) is 0 Å². The van der Waals surface area contributed by atoms with E-state index in [2.05, 4.69) is 34.6 Å². The molecule has 2 aromatic carbocycles. The van der Waals surface area contributed by atoms with Crippen molar-refractivity contribution in [1.82, 2.24) is 4.98 Å². The summed E-state index contributed by atoms with van der Waals surface area (Å²) in [5, 5.41) is 5.46. The van der Waals surface area contributed by atoms with Crippen molar-refractivity contribution in [3.8, 4) is 0 Å². The van der Waals surface area contributed by atoms with Crippen molar-refractivity contribution in [2.45, 2.75) is 13.5 Å². The summed E-state index contributed by atoms with van der Waals surface area (Å²) in [5.74, 6) is 0. The van der Waals surface area contributed by atoms with Gasteiger partial charge in [0, 0.05) is 29.0 Å². The molecule has 1 heterocycles. The van der Waals surface area contributed by atoms with Gasteiger partial charge >= 0.3 is 0 Å². The highest BCUT2D eigenvalue weighted by atomic mass is 35.5. The molecule has 1 aromatic heterocycles. The summed E-state index contributed by atoms with van der Waals surface area (Å²) in [6.07, 6.45) is 1.96. The molecule has 3 rings (SSSR count). The Hall–Kier alpha value is -1.93. The molecule has 0 aliphatic rings. The van der Waals surface area contributed by atoms with Gasteiger partial charge in [-0.3, -0.25) is 0 Å². The quantitative estimate of drug-likeness (QED) is 0.707. The van der Waals surface area contributed by atoms with Crippen molar-refractivity contribution in [2.75, 3.05) is 5.32 Å². The minimum Gasteiger partial charge on any atom is -0.381 e. The molecule has 3 heteroatoms. The monoisotopic (exact) mass is 270 g/mol. The first-order chi connectivity index (χ1) is 9.24. The Labute approximate surface area is 117 Å². The van der Waals surface area contributed by atoms with Crippen LogP contribution in [0.4, 0.5) is 5.69 Å². The van der Waals surface area contributed by atoms with Crippen LogP contribution in [0.15, 0.2) is 48.7 Å². The molecular formula is C16H15ClN2. The molecule has 2 N–H and O–H groups in total. The van der Waals surface area contributed by atoms with E-state index in [9.17, 15) is 0 Å². The number of anilines is 1. The zero-order valence-corrected chi connectivity index (χ0v) is 11.5. The summed E-state index contributed by atoms with van der Waals surface area (Å²) in [6.45, 7) is 2.81. The van der Waals surface area contributed by atoms with E-state index < -0.39 is 0 Å². The van der Waals surface area contributed by atoms with Gasteiger partial charge in [-0.25, -0.2) is 0 Å². The summed E-state index contributed by atoms with van der Waals surface area (Å²) in [7, 11) is 0. The van der Waals surface area contributed by atoms with Gasteiger partial charge in [-0.05, 0) is 47.7 Å². The molecule has 0 aliphatic heterocycles. The van der Waals surface area contributed by atoms with Crippen LogP contribution in [0.1, 0.15) is 11.1 Å². The van der Waals surface area contributed by atoms with Crippen LogP contribution in [-0.2, 0) is 6.54 Å². The average molecular weight is 271 g/mol. The smallest absolute Gasteiger partial charge is 0.0457 e. The summed E-state index contributed by atoms with van der Waals surface area (Å²) in [5.41, 5.74) is 4.58. The summed E-state index contributed by atoms with van der Waals surface area (Å²) < 4.78 is 0. The first kappa shape index (κ1) is 12.1. The van der Waals surface area contributed by atoms with Crippen LogP contribution in [0.2, 0.25) is 5.02 Å². The molecular weight excluding hydrogens is 256 g/mol. The Kier molecular flexibility index (Phi) is 3.18. The molecule has 0 saturated heterocycles. The first-order valence-electron chi connectivity index (χ1n) is 6.29. The van der Waals surface area contributed by atoms with Crippen LogP contribution >= 0.6 is 11.6 Å². The highest BCUT2D eigenvalue weighted by molar-refractivity contribution is 6.31. The largest absolute Gasteiger partial charge is 0.381 e. The number of hydrogen-bond donors (Lipinski definition) is 2. The number of nitrogens with one attached hydrogen (secondary N) is 2. The van der Waals surface area contributed by atoms with Gasteiger partial charge in [0.15, 0.2) is 0 Å². The fourth-order valence-corrected chi connectivity index (χ4v) is 2.38. The summed E-state index contributed by atoms with van der Waals surface area (Å²) in [6, 6.07) is 14.4. The lowest BCUT2D eigenvalue weighted by Crippen LogP contribution is -2.01. The molecule has 2 nitrogen and oxygen atoms in total. The number of aromatic nitrogens is 1. The highest BCUT2D eigenvalue weighted by Gasteiger charge is 2.02. The fourth-order valence-electron chi connectivity index (χ4n) is 2.20. The molecule has 0 unspecified atom stereocenters. The van der Waals surface area contributed by atoms with E-state index >= 15 is 0 Å². The van der Waals surface area contributed by atoms with Crippen LogP contribution in [0.25, 0.3) is 10.9 Å². The van der Waals surface area contributed by atoms with Gasteiger partial charge in [0.1, 0.15) is 0 Å². The molecule has 0 atom stereocenters. The maximum atomic E-state index is 6.11. The van der Waals surface area contributed by atoms with Crippen LogP contribution < -0.4 is 5.32 Å². The third-order valence-electron chi connectivity index (χ3n) is 3.37. The Morgan fingerprint density at radius 3 is 2.95 bits per heavy atom. The van der Waals surface area contributed by atoms with Gasteiger partial charge in [0.05, 0.1) is 0 Å². The average Bonchev–Trinajstić information content (AvgIpc) is 2.88. The van der Waals surface area contributed by atoms with E-state index in [-0.39, 0.29) is 0 Å². The van der Waals surface area contributed by atoms with Crippen molar-refractivity contribution in [3.63, 3.8) is 0 Å². The lowest BCUT2D eigenvalue weighted by atomic mass is 10.1. The van der Waals surface area contributed by atoms with E-state index in [1.807, 2.05) is 31.3 Å². The summed E-state index contributed by atoms with van der Waals surface area (Å²) in [4.78, 5) is 3.23. The maximum absolute atomic E-state index is 6.11. The van der Waals surface area contributed by atoms with Crippen LogP contribution in [0.3, 0.4) is 0 Å². The minimum atomic E-state index is 0.788. The number of hydrogen-bond acceptors (Lipinski definition) is 1. The molecule has 0 spiro atoms. The molecule has 0 bridgehead atoms. The second-order valence-electron chi connectivity index (χ2n) is 4.67. The zero-order valence-electron chi connectivity index (χ0n) is 10.7. The molecule has 0 saturated carbocycles. The molecule has 0 radical (unpaired) electrons. The predicted octanol–water partition coefficient (Wildman–Crippen LogP) is 4.74. The van der Waals surface area contributed by atoms with E-state index in [1.54, 1.807) is 0 Å². The topological polar surface area (TPSA) is 27.8 Å². The number of fused-ring (bicyclic) bond motifs is 1. The van der Waals surface area contributed by atoms with Gasteiger partial charge in [-0.1, -0.05) is 29.8 Å². The molecule has 96 valence electrons. The number of halogens is 1. The number of rotatable bonds is 3. The van der Waals surface area contributed by atoms with Gasteiger partial charge in [-0.2, -0.15) is 0 Å². The SMILES string of the molecule is Cc1c(Cl)cccc1NCc1ccc2cc[nH]c2c1. The Bertz CT molecular complexity index is 716. The Morgan fingerprint density at radius 2 is 2.05 bits per heavy atom. The minimum absolute atomic E-state index is 0.788. The van der Waals surface area contributed by atoms with Gasteiger partial charge in [-0.15, -0.1) is 0 Å². The van der Waals surface area contributed by atoms with Crippen LogP contribution in [0, 0.1) is 6.92 Å². The van der Waals surface area contributed by atoms with E-state index in [4.69, 9.17) is 11.6 Å². The second kappa shape index (κ2) is 4.98. The zero-order chi connectivity index (χ0) is 13.2. The van der Waals surface area contributed by atoms with E-state index in [1.165, 1.54) is 16.5 Å². The van der Waals surface area contributed by atoms with Gasteiger partial charge < -0.3 is 10.3 Å². The highest BCUT2D eigenvalue weighted by Crippen LogP contribution is 2.23. The third kappa shape index (κ3) is 2.45. The van der Waals surface area contributed by atoms with Crippen LogP contribution in [0.5, 0.6) is 0 Å². The maximum Gasteiger partial charge on any atom is 0.0457 e. The Morgan fingerprint density at radius 1 is 1.16 bits per heavy atom. The molecule has 0 fully saturated rings. The first-order valence-corrected chi connectivity index (χ1v) is 6.67. The van der Waals surface area contributed by atoms with Crippen molar-refractivity contribution in [2.24, 2.45) is 0 Å². The molecule has 3 aromatic rings. The van der Waals surface area contributed by atoms with Gasteiger partial charge in [0.2, 0.25) is 0 Å². The van der Waals surface area contributed by atoms with Crippen molar-refractivity contribution >= 4 is 28.2 Å². The van der Waals surface area contributed by atoms with E-state index in [0.717, 1.165) is 22.8 Å². The second-order valence-corrected chi connectivity index (χ2v) is 5.07. The lowest BCUT2D eigenvalue weighted by Gasteiger charge is -2.10. The normalized spacial score (nSPS) is 10.8. The number of H-pyrrole nitrogens is 1. The standard InChI is InChI=1S/C16H15ClN2/c1-11-14(17)3-2-4-15(11)19-10-12-5-6-13-7-8-18-16(13)9-12/h2-9,18-19H,10H2,1H3. The summed E-state index contributed by atoms with van der Waals surface area (Å²) >= 11 is 6.11. The third-order valence-corrected chi connectivity index (χ3v) is 3.78. The Balaban J connectivity index is 1.80. The van der Waals surface area contributed by atoms with Crippen LogP contribution in [-0.4, -0.2) is 4.98 Å². The molecule has 0 aliphatic carbocycles. The molecule has 19 heavy (non-hydrogen) atoms. The number of aromatic amines is 1. The van der Waals surface area contributed by atoms with Crippen molar-refractivity contribution in [3.05, 3.63) is 64.8 Å². The predicted molar refractivity (Wildman–Crippen MR) is 81.8 cm³/mol. The fraction of sp³-hybridized carbons (Fsp3) is 0.125. The number of benzene rings is 2. The van der Waals surface area contributed by atoms with Crippen molar-refractivity contribution < 1.29 is 0 Å². The lowest BCUT2D eigenvalue weighted by molar-refractivity contribution is 1.14. The van der Waals surface area contributed by atoms with Crippen molar-refractivity contribution in [1.29, 1.82) is 0 Å².